The highest BCUT2D eigenvalue weighted by Gasteiger charge is 2.39. The van der Waals surface area contributed by atoms with Gasteiger partial charge in [0.15, 0.2) is 18.3 Å². The number of ether oxygens (including phenoxy) is 1. The van der Waals surface area contributed by atoms with Crippen LogP contribution in [0.15, 0.2) is 30.6 Å². The second kappa shape index (κ2) is 8.26. The topological polar surface area (TPSA) is 80.5 Å². The Hall–Kier alpha value is -3.26. The van der Waals surface area contributed by atoms with Gasteiger partial charge in [-0.15, -0.1) is 0 Å². The maximum atomic E-state index is 15.2. The number of rotatable bonds is 4. The van der Waals surface area contributed by atoms with E-state index in [0.717, 1.165) is 35.4 Å². The number of aliphatic hydroxyl groups is 1. The molecule has 1 aliphatic carbocycles. The average molecular weight is 451 g/mol. The fraction of sp³-hybridized carbons (Fsp3) is 0.400. The molecular formula is C25H27FN4O3. The van der Waals surface area contributed by atoms with E-state index in [-0.39, 0.29) is 30.0 Å². The van der Waals surface area contributed by atoms with E-state index in [2.05, 4.69) is 10.1 Å². The minimum absolute atomic E-state index is 0.00378. The molecule has 1 aliphatic heterocycles. The summed E-state index contributed by atoms with van der Waals surface area (Å²) in [7, 11) is 1.87. The highest BCUT2D eigenvalue weighted by Crippen LogP contribution is 2.36. The van der Waals surface area contributed by atoms with Crippen LogP contribution >= 0.6 is 0 Å². The van der Waals surface area contributed by atoms with E-state index in [0.29, 0.717) is 24.0 Å². The molecule has 8 heteroatoms. The van der Waals surface area contributed by atoms with Gasteiger partial charge in [0, 0.05) is 19.4 Å². The summed E-state index contributed by atoms with van der Waals surface area (Å²) in [5.41, 5.74) is 4.94. The van der Waals surface area contributed by atoms with Crippen molar-refractivity contribution in [1.29, 1.82) is 0 Å². The summed E-state index contributed by atoms with van der Waals surface area (Å²) in [5.74, 6) is -0.790. The summed E-state index contributed by atoms with van der Waals surface area (Å²) in [6, 6.07) is 5.30. The molecule has 1 saturated carbocycles. The third-order valence-corrected chi connectivity index (χ3v) is 6.73. The van der Waals surface area contributed by atoms with E-state index in [9.17, 15) is 9.90 Å². The minimum Gasteiger partial charge on any atom is -0.469 e. The Morgan fingerprint density at radius 1 is 1.27 bits per heavy atom. The minimum atomic E-state index is -0.568. The standard InChI is InChI=1S/C25H27FN4O3/c1-14-12-29(3)28-23(14)19-8-7-16(11-27-19)9-17-10-18-24(22(26)15(17)2)33-13-30(25(18)32)20-5-4-6-21(20)31/h7-8,10-12,20-21,31H,4-6,9,13H2,1-3H3/t20-,21-/m0/s1. The molecule has 33 heavy (non-hydrogen) atoms. The monoisotopic (exact) mass is 450 g/mol. The summed E-state index contributed by atoms with van der Waals surface area (Å²) in [6.07, 6.45) is 5.81. The number of aryl methyl sites for hydroxylation is 2. The Labute approximate surface area is 191 Å². The fourth-order valence-electron chi connectivity index (χ4n) is 4.89. The molecule has 172 valence electrons. The number of aromatic nitrogens is 3. The van der Waals surface area contributed by atoms with Crippen molar-refractivity contribution in [1.82, 2.24) is 19.7 Å². The van der Waals surface area contributed by atoms with Crippen molar-refractivity contribution in [3.63, 3.8) is 0 Å². The molecule has 3 heterocycles. The third kappa shape index (κ3) is 3.78. The lowest BCUT2D eigenvalue weighted by atomic mass is 9.96. The van der Waals surface area contributed by atoms with Crippen LogP contribution in [-0.2, 0) is 13.5 Å². The summed E-state index contributed by atoms with van der Waals surface area (Å²) in [6.45, 7) is 3.65. The van der Waals surface area contributed by atoms with Crippen LogP contribution in [-0.4, -0.2) is 49.6 Å². The van der Waals surface area contributed by atoms with Gasteiger partial charge < -0.3 is 9.84 Å². The van der Waals surface area contributed by atoms with Crippen LogP contribution in [0.1, 0.15) is 51.9 Å². The van der Waals surface area contributed by atoms with E-state index in [1.165, 1.54) is 4.90 Å². The zero-order valence-electron chi connectivity index (χ0n) is 19.0. The second-order valence-corrected chi connectivity index (χ2v) is 9.03. The van der Waals surface area contributed by atoms with Crippen LogP contribution in [0.4, 0.5) is 4.39 Å². The molecule has 1 N–H and O–H groups in total. The highest BCUT2D eigenvalue weighted by molar-refractivity contribution is 5.98. The van der Waals surface area contributed by atoms with Crippen LogP contribution in [0.3, 0.4) is 0 Å². The molecule has 1 aromatic carbocycles. The van der Waals surface area contributed by atoms with Crippen molar-refractivity contribution in [2.75, 3.05) is 6.73 Å². The molecular weight excluding hydrogens is 423 g/mol. The van der Waals surface area contributed by atoms with Gasteiger partial charge in [-0.25, -0.2) is 4.39 Å². The Morgan fingerprint density at radius 3 is 2.73 bits per heavy atom. The number of halogens is 1. The fourth-order valence-corrected chi connectivity index (χ4v) is 4.89. The molecule has 2 atom stereocenters. The van der Waals surface area contributed by atoms with E-state index in [1.54, 1.807) is 23.9 Å². The second-order valence-electron chi connectivity index (χ2n) is 9.03. The SMILES string of the molecule is Cc1cn(C)nc1-c1ccc(Cc2cc3c(c(F)c2C)OCN([C@H]2CCC[C@@H]2O)C3=O)cn1. The lowest BCUT2D eigenvalue weighted by Crippen LogP contribution is -2.48. The van der Waals surface area contributed by atoms with E-state index in [4.69, 9.17) is 4.74 Å². The van der Waals surface area contributed by atoms with Gasteiger partial charge in [0.05, 0.1) is 23.4 Å². The maximum Gasteiger partial charge on any atom is 0.260 e. The van der Waals surface area contributed by atoms with Crippen molar-refractivity contribution in [3.05, 3.63) is 64.2 Å². The lowest BCUT2D eigenvalue weighted by Gasteiger charge is -2.35. The Balaban J connectivity index is 1.43. The maximum absolute atomic E-state index is 15.2. The number of hydrogen-bond donors (Lipinski definition) is 1. The van der Waals surface area contributed by atoms with Crippen LogP contribution in [0.2, 0.25) is 0 Å². The number of amides is 1. The van der Waals surface area contributed by atoms with Crippen molar-refractivity contribution < 1.29 is 19.0 Å². The van der Waals surface area contributed by atoms with Gasteiger partial charge in [-0.05, 0) is 73.9 Å². The Kier molecular flexibility index (Phi) is 5.40. The summed E-state index contributed by atoms with van der Waals surface area (Å²) >= 11 is 0. The van der Waals surface area contributed by atoms with Gasteiger partial charge in [-0.2, -0.15) is 5.10 Å². The zero-order chi connectivity index (χ0) is 23.3. The smallest absolute Gasteiger partial charge is 0.260 e. The van der Waals surface area contributed by atoms with E-state index < -0.39 is 11.9 Å². The molecule has 0 radical (unpaired) electrons. The molecule has 1 fully saturated rings. The van der Waals surface area contributed by atoms with Gasteiger partial charge in [0.25, 0.3) is 5.91 Å². The predicted octanol–water partition coefficient (Wildman–Crippen LogP) is 3.53. The summed E-state index contributed by atoms with van der Waals surface area (Å²) in [4.78, 5) is 19.3. The quantitative estimate of drug-likeness (QED) is 0.658. The molecule has 5 rings (SSSR count). The number of aliphatic hydroxyl groups excluding tert-OH is 1. The number of benzene rings is 1. The molecule has 2 aliphatic rings. The first-order valence-corrected chi connectivity index (χ1v) is 11.2. The predicted molar refractivity (Wildman–Crippen MR) is 120 cm³/mol. The van der Waals surface area contributed by atoms with Crippen molar-refractivity contribution in [2.45, 2.75) is 51.7 Å². The number of carbonyl (C=O) groups excluding carboxylic acids is 1. The Bertz CT molecular complexity index is 1220. The molecule has 0 unspecified atom stereocenters. The largest absolute Gasteiger partial charge is 0.469 e. The van der Waals surface area contributed by atoms with E-state index in [1.807, 2.05) is 32.3 Å². The highest BCUT2D eigenvalue weighted by atomic mass is 19.1. The van der Waals surface area contributed by atoms with Crippen LogP contribution in [0.25, 0.3) is 11.4 Å². The van der Waals surface area contributed by atoms with Crippen molar-refractivity contribution in [3.8, 4) is 17.1 Å². The normalized spacial score (nSPS) is 20.2. The number of carbonyl (C=O) groups is 1. The van der Waals surface area contributed by atoms with E-state index >= 15 is 4.39 Å². The van der Waals surface area contributed by atoms with Crippen LogP contribution in [0, 0.1) is 19.7 Å². The van der Waals surface area contributed by atoms with Crippen LogP contribution < -0.4 is 4.74 Å². The van der Waals surface area contributed by atoms with Crippen LogP contribution in [0.5, 0.6) is 5.75 Å². The number of pyridine rings is 1. The summed E-state index contributed by atoms with van der Waals surface area (Å²) in [5, 5.41) is 14.7. The van der Waals surface area contributed by atoms with Gasteiger partial charge in [0.1, 0.15) is 5.69 Å². The average Bonchev–Trinajstić information content (AvgIpc) is 3.37. The first-order valence-electron chi connectivity index (χ1n) is 11.2. The third-order valence-electron chi connectivity index (χ3n) is 6.73. The number of nitrogens with zero attached hydrogens (tertiary/aromatic N) is 4. The molecule has 0 saturated heterocycles. The zero-order valence-corrected chi connectivity index (χ0v) is 19.0. The lowest BCUT2D eigenvalue weighted by molar-refractivity contribution is 0.0115. The van der Waals surface area contributed by atoms with Crippen molar-refractivity contribution in [2.24, 2.45) is 7.05 Å². The molecule has 2 aromatic heterocycles. The molecule has 3 aromatic rings. The molecule has 1 amide bonds. The first kappa shape index (κ1) is 21.6. The molecule has 0 bridgehead atoms. The van der Waals surface area contributed by atoms with Gasteiger partial charge >= 0.3 is 0 Å². The van der Waals surface area contributed by atoms with Crippen molar-refractivity contribution >= 4 is 5.91 Å². The van der Waals surface area contributed by atoms with Gasteiger partial charge in [-0.3, -0.25) is 19.4 Å². The number of hydrogen-bond acceptors (Lipinski definition) is 5. The summed E-state index contributed by atoms with van der Waals surface area (Å²) < 4.78 is 22.6. The van der Waals surface area contributed by atoms with Gasteiger partial charge in [-0.1, -0.05) is 6.07 Å². The molecule has 0 spiro atoms. The number of fused-ring (bicyclic) bond motifs is 1. The first-order chi connectivity index (χ1) is 15.8. The Morgan fingerprint density at radius 2 is 2.09 bits per heavy atom. The van der Waals surface area contributed by atoms with Gasteiger partial charge in [0.2, 0.25) is 0 Å². The molecule has 7 nitrogen and oxygen atoms in total.